The summed E-state index contributed by atoms with van der Waals surface area (Å²) < 4.78 is 34.7. The van der Waals surface area contributed by atoms with Crippen LogP contribution in [0.2, 0.25) is 0 Å². The van der Waals surface area contributed by atoms with E-state index >= 15 is 0 Å². The van der Waals surface area contributed by atoms with E-state index in [1.807, 2.05) is 31.2 Å². The third-order valence-electron chi connectivity index (χ3n) is 3.50. The van der Waals surface area contributed by atoms with Crippen LogP contribution in [0.25, 0.3) is 10.8 Å². The molecule has 21 heavy (non-hydrogen) atoms. The first-order valence-electron chi connectivity index (χ1n) is 6.98. The molecule has 0 aromatic heterocycles. The molecule has 0 aliphatic carbocycles. The van der Waals surface area contributed by atoms with Gasteiger partial charge in [0, 0.05) is 0 Å². The molecular formula is C16H19KO3S. The Morgan fingerprint density at radius 1 is 1.00 bits per heavy atom. The molecule has 0 atom stereocenters. The number of benzene rings is 2. The molecule has 2 rings (SSSR count). The average molecular weight is 330 g/mol. The Morgan fingerprint density at radius 3 is 2.14 bits per heavy atom. The zero-order valence-corrected chi connectivity index (χ0v) is 16.8. The number of aryl methyl sites for hydroxylation is 1. The summed E-state index contributed by atoms with van der Waals surface area (Å²) in [6, 6.07) is 9.20. The summed E-state index contributed by atoms with van der Waals surface area (Å²) in [5, 5.41) is 1.88. The number of fused-ring (bicyclic) bond motifs is 1. The van der Waals surface area contributed by atoms with Crippen molar-refractivity contribution in [3.05, 3.63) is 41.5 Å². The van der Waals surface area contributed by atoms with Crippen molar-refractivity contribution in [2.24, 2.45) is 0 Å². The van der Waals surface area contributed by atoms with Gasteiger partial charge in [-0.3, -0.25) is 0 Å². The minimum atomic E-state index is -4.44. The largest absolute Gasteiger partial charge is 1.00 e. The van der Waals surface area contributed by atoms with E-state index < -0.39 is 10.1 Å². The molecule has 0 aliphatic heterocycles. The number of hydrogen-bond acceptors (Lipinski definition) is 3. The standard InChI is InChI=1S/C16H20O3S.K/c1-3-7-14-13-10-6-5-9-12(13)11-16(20(17,18)19)15(14)8-4-2;/h5-6,9-11H,3-4,7-8H2,1-2H3,(H,17,18,19);/q;+1/p-1. The molecule has 2 aromatic carbocycles. The van der Waals surface area contributed by atoms with E-state index in [0.29, 0.717) is 12.0 Å². The molecule has 0 aliphatic rings. The second-order valence-corrected chi connectivity index (χ2v) is 6.36. The van der Waals surface area contributed by atoms with Crippen LogP contribution in [0.4, 0.5) is 0 Å². The van der Waals surface area contributed by atoms with E-state index in [2.05, 4.69) is 6.92 Å². The molecule has 0 N–H and O–H groups in total. The molecular weight excluding hydrogens is 311 g/mol. The Bertz CT molecular complexity index is 724. The quantitative estimate of drug-likeness (QED) is 0.597. The summed E-state index contributed by atoms with van der Waals surface area (Å²) in [5.74, 6) is 0. The van der Waals surface area contributed by atoms with Gasteiger partial charge in [-0.15, -0.1) is 0 Å². The Morgan fingerprint density at radius 2 is 1.57 bits per heavy atom. The van der Waals surface area contributed by atoms with Crippen LogP contribution >= 0.6 is 0 Å². The summed E-state index contributed by atoms with van der Waals surface area (Å²) in [6.45, 7) is 4.05. The second kappa shape index (κ2) is 8.20. The van der Waals surface area contributed by atoms with E-state index in [0.717, 1.165) is 35.6 Å². The molecule has 0 radical (unpaired) electrons. The van der Waals surface area contributed by atoms with Crippen molar-refractivity contribution in [3.63, 3.8) is 0 Å². The summed E-state index contributed by atoms with van der Waals surface area (Å²) in [4.78, 5) is -0.0403. The smallest absolute Gasteiger partial charge is 0.744 e. The normalized spacial score (nSPS) is 11.4. The summed E-state index contributed by atoms with van der Waals surface area (Å²) in [6.07, 6.45) is 3.15. The molecule has 108 valence electrons. The Hall–Kier alpha value is 0.246. The second-order valence-electron chi connectivity index (χ2n) is 5.01. The molecule has 0 fully saturated rings. The summed E-state index contributed by atoms with van der Waals surface area (Å²) >= 11 is 0. The van der Waals surface area contributed by atoms with Gasteiger partial charge in [0.05, 0.1) is 4.90 Å². The van der Waals surface area contributed by atoms with Gasteiger partial charge in [-0.25, -0.2) is 8.42 Å². The van der Waals surface area contributed by atoms with Gasteiger partial charge in [-0.2, -0.15) is 0 Å². The van der Waals surface area contributed by atoms with Crippen LogP contribution in [0.15, 0.2) is 35.2 Å². The number of rotatable bonds is 5. The molecule has 0 unspecified atom stereocenters. The minimum absolute atomic E-state index is 0. The average Bonchev–Trinajstić information content (AvgIpc) is 2.40. The van der Waals surface area contributed by atoms with Crippen LogP contribution in [-0.2, 0) is 23.0 Å². The van der Waals surface area contributed by atoms with Crippen LogP contribution in [0.1, 0.15) is 37.8 Å². The maximum atomic E-state index is 11.6. The fourth-order valence-electron chi connectivity index (χ4n) is 2.72. The Kier molecular flexibility index (Phi) is 7.53. The van der Waals surface area contributed by atoms with E-state index in [1.54, 1.807) is 0 Å². The van der Waals surface area contributed by atoms with E-state index in [-0.39, 0.29) is 56.3 Å². The molecule has 0 spiro atoms. The van der Waals surface area contributed by atoms with Crippen molar-refractivity contribution < 1.29 is 64.4 Å². The van der Waals surface area contributed by atoms with Gasteiger partial charge in [0.2, 0.25) is 0 Å². The third-order valence-corrected chi connectivity index (χ3v) is 4.41. The van der Waals surface area contributed by atoms with Crippen molar-refractivity contribution in [1.82, 2.24) is 0 Å². The molecule has 5 heteroatoms. The number of hydrogen-bond donors (Lipinski definition) is 0. The maximum absolute atomic E-state index is 11.6. The van der Waals surface area contributed by atoms with Crippen molar-refractivity contribution in [2.45, 2.75) is 44.4 Å². The maximum Gasteiger partial charge on any atom is 1.00 e. The summed E-state index contributed by atoms with van der Waals surface area (Å²) in [5.41, 5.74) is 1.73. The van der Waals surface area contributed by atoms with Gasteiger partial charge >= 0.3 is 51.4 Å². The van der Waals surface area contributed by atoms with Crippen molar-refractivity contribution in [2.75, 3.05) is 0 Å². The zero-order valence-electron chi connectivity index (χ0n) is 12.8. The van der Waals surface area contributed by atoms with Crippen LogP contribution < -0.4 is 51.4 Å². The van der Waals surface area contributed by atoms with Gasteiger partial charge in [0.15, 0.2) is 0 Å². The molecule has 0 bridgehead atoms. The Balaban J connectivity index is 0.00000220. The van der Waals surface area contributed by atoms with Crippen LogP contribution in [0, 0.1) is 0 Å². The van der Waals surface area contributed by atoms with Gasteiger partial charge in [-0.05, 0) is 40.8 Å². The predicted molar refractivity (Wildman–Crippen MR) is 79.9 cm³/mol. The van der Waals surface area contributed by atoms with E-state index in [9.17, 15) is 13.0 Å². The third kappa shape index (κ3) is 4.38. The fraction of sp³-hybridized carbons (Fsp3) is 0.375. The van der Waals surface area contributed by atoms with Crippen LogP contribution in [0.5, 0.6) is 0 Å². The first-order valence-corrected chi connectivity index (χ1v) is 8.39. The predicted octanol–water partition coefficient (Wildman–Crippen LogP) is 0.653. The van der Waals surface area contributed by atoms with Gasteiger partial charge in [0.25, 0.3) is 0 Å². The molecule has 0 heterocycles. The molecule has 2 aromatic rings. The molecule has 0 saturated carbocycles. The van der Waals surface area contributed by atoms with Crippen molar-refractivity contribution >= 4 is 20.9 Å². The Labute approximate surface area is 169 Å². The first kappa shape index (κ1) is 19.3. The zero-order chi connectivity index (χ0) is 14.8. The SMILES string of the molecule is CCCc1c(S(=O)(=O)[O-])cc2ccccc2c1CCC.[K+]. The van der Waals surface area contributed by atoms with Crippen molar-refractivity contribution in [3.8, 4) is 0 Å². The van der Waals surface area contributed by atoms with Crippen LogP contribution in [-0.4, -0.2) is 13.0 Å². The van der Waals surface area contributed by atoms with Crippen molar-refractivity contribution in [1.29, 1.82) is 0 Å². The monoisotopic (exact) mass is 330 g/mol. The summed E-state index contributed by atoms with van der Waals surface area (Å²) in [7, 11) is -4.44. The topological polar surface area (TPSA) is 57.2 Å². The molecule has 0 saturated heterocycles. The first-order chi connectivity index (χ1) is 9.49. The molecule has 0 amide bonds. The van der Waals surface area contributed by atoms with E-state index in [4.69, 9.17) is 0 Å². The van der Waals surface area contributed by atoms with Gasteiger partial charge < -0.3 is 4.55 Å². The van der Waals surface area contributed by atoms with Gasteiger partial charge in [-0.1, -0.05) is 51.0 Å². The molecule has 3 nitrogen and oxygen atoms in total. The fourth-order valence-corrected chi connectivity index (χ4v) is 3.52. The van der Waals surface area contributed by atoms with E-state index in [1.165, 1.54) is 6.07 Å². The van der Waals surface area contributed by atoms with Crippen LogP contribution in [0.3, 0.4) is 0 Å². The van der Waals surface area contributed by atoms with Gasteiger partial charge in [0.1, 0.15) is 10.1 Å². The minimum Gasteiger partial charge on any atom is -0.744 e.